The summed E-state index contributed by atoms with van der Waals surface area (Å²) >= 11 is 0.00313. The molecule has 0 atom stereocenters. The van der Waals surface area contributed by atoms with E-state index in [0.717, 1.165) is 0 Å². The Balaban J connectivity index is 0.000000379. The van der Waals surface area contributed by atoms with Gasteiger partial charge in [-0.05, 0) is 38.1 Å². The van der Waals surface area contributed by atoms with Gasteiger partial charge in [-0.15, -0.1) is 21.9 Å². The first kappa shape index (κ1) is 45.8. The van der Waals surface area contributed by atoms with E-state index in [4.69, 9.17) is 0 Å². The van der Waals surface area contributed by atoms with Crippen LogP contribution >= 0.6 is 0 Å². The Hall–Kier alpha value is -5.29. The summed E-state index contributed by atoms with van der Waals surface area (Å²) in [6.45, 7) is 4.27. The largest absolute Gasteiger partial charge is 0.357 e. The third-order valence-corrected chi connectivity index (χ3v) is 11.6. The van der Waals surface area contributed by atoms with Crippen LogP contribution in [0, 0.1) is 137 Å². The van der Waals surface area contributed by atoms with Gasteiger partial charge >= 0.3 is 21.2 Å². The highest BCUT2D eigenvalue weighted by Gasteiger charge is 2.52. The van der Waals surface area contributed by atoms with Crippen molar-refractivity contribution in [2.24, 2.45) is 0 Å². The van der Waals surface area contributed by atoms with E-state index in [2.05, 4.69) is 62.4 Å². The molecule has 0 spiro atoms. The summed E-state index contributed by atoms with van der Waals surface area (Å²) < 4.78 is 297. The monoisotopic (exact) mass is 988 g/mol. The number of hydrogen-bond donors (Lipinski definition) is 0. The van der Waals surface area contributed by atoms with Crippen LogP contribution in [0.2, 0.25) is 0 Å². The van der Waals surface area contributed by atoms with Crippen molar-refractivity contribution in [3.8, 4) is 0 Å². The maximum atomic E-state index is 15.4. The summed E-state index contributed by atoms with van der Waals surface area (Å²) in [5, 5.41) is 0. The van der Waals surface area contributed by atoms with Crippen LogP contribution in [0.25, 0.3) is 0 Å². The average Bonchev–Trinajstić information content (AvgIpc) is 3.22. The molecule has 0 nitrogen and oxygen atoms in total. The summed E-state index contributed by atoms with van der Waals surface area (Å²) in [6, 6.07) is 17.8. The van der Waals surface area contributed by atoms with Gasteiger partial charge in [0.1, 0.15) is 52.7 Å². The van der Waals surface area contributed by atoms with Gasteiger partial charge in [-0.2, -0.15) is 0 Å². The Bertz CT molecular complexity index is 2260. The summed E-state index contributed by atoms with van der Waals surface area (Å²) in [7, 11) is 0. The minimum Gasteiger partial charge on any atom is -0.207 e. The Kier molecular flexibility index (Phi) is 13.0. The average molecular weight is 988 g/mol. The molecule has 60 heavy (non-hydrogen) atoms. The minimum atomic E-state index is -7.22. The van der Waals surface area contributed by atoms with E-state index in [1.807, 2.05) is 0 Å². The summed E-state index contributed by atoms with van der Waals surface area (Å²) in [5.41, 5.74) is -11.7. The first-order valence-electron chi connectivity index (χ1n) is 16.0. The maximum Gasteiger partial charge on any atom is 0.357 e. The first-order valence-corrected chi connectivity index (χ1v) is 18.1. The Morgan fingerprint density at radius 1 is 0.250 bits per heavy atom. The van der Waals surface area contributed by atoms with Gasteiger partial charge < -0.3 is 0 Å². The molecule has 0 saturated heterocycles. The van der Waals surface area contributed by atoms with Crippen molar-refractivity contribution in [3.63, 3.8) is 0 Å². The quantitative estimate of drug-likeness (QED) is 0.0608. The molecule has 316 valence electrons. The summed E-state index contributed by atoms with van der Waals surface area (Å²) in [4.78, 5) is 0. The second-order valence-corrected chi connectivity index (χ2v) is 15.5. The Morgan fingerprint density at radius 3 is 0.567 bits per heavy atom. The van der Waals surface area contributed by atoms with Crippen LogP contribution in [0.5, 0.6) is 0 Å². The van der Waals surface area contributed by atoms with Gasteiger partial charge in [-0.3, -0.25) is 0 Å². The fourth-order valence-electron chi connectivity index (χ4n) is 6.19. The van der Waals surface area contributed by atoms with Crippen LogP contribution in [-0.4, -0.2) is 6.15 Å². The van der Waals surface area contributed by atoms with Crippen LogP contribution in [0.15, 0.2) is 48.5 Å². The van der Waals surface area contributed by atoms with Crippen LogP contribution in [0.3, 0.4) is 0 Å². The van der Waals surface area contributed by atoms with Gasteiger partial charge in [-0.25, -0.2) is 87.8 Å². The predicted molar refractivity (Wildman–Crippen MR) is 169 cm³/mol. The zero-order valence-corrected chi connectivity index (χ0v) is 31.3. The lowest BCUT2D eigenvalue weighted by molar-refractivity contribution is -0.597. The molecule has 0 heterocycles. The van der Waals surface area contributed by atoms with Crippen molar-refractivity contribution in [1.82, 2.24) is 0 Å². The molecule has 0 aliphatic carbocycles. The molecule has 6 aromatic rings. The van der Waals surface area contributed by atoms with E-state index in [-0.39, 0.29) is 21.2 Å². The molecule has 6 rings (SSSR count). The fraction of sp³-hybridized carbons (Fsp3) is 0.0526. The van der Waals surface area contributed by atoms with Crippen molar-refractivity contribution in [2.45, 2.75) is 13.8 Å². The molecule has 0 aliphatic heterocycles. The molecular formula is C38H14BF20I. The lowest BCUT2D eigenvalue weighted by atomic mass is 9.12. The topological polar surface area (TPSA) is 0 Å². The van der Waals surface area contributed by atoms with E-state index in [9.17, 15) is 52.7 Å². The van der Waals surface area contributed by atoms with Gasteiger partial charge in [0.25, 0.3) is 0 Å². The molecular weight excluding hydrogens is 974 g/mol. The minimum absolute atomic E-state index is 0.00313. The number of halogens is 21. The SMILES string of the molecule is Cc1ccc([I+]c2ccc(C)cc2)cc1.Fc1c(F)c(F)c([B-](c2c(F)c(F)c(F)c(F)c2F)(c2c(F)c(F)c(F)c(F)c2F)c2c(F)c(F)c(F)c(F)c2F)c(F)c1F. The molecule has 0 fully saturated rings. The highest BCUT2D eigenvalue weighted by molar-refractivity contribution is 7.20. The number of rotatable bonds is 6. The third kappa shape index (κ3) is 7.33. The molecule has 0 amide bonds. The van der Waals surface area contributed by atoms with Crippen LogP contribution in [-0.2, 0) is 0 Å². The molecule has 6 aromatic carbocycles. The van der Waals surface area contributed by atoms with E-state index in [1.54, 1.807) is 0 Å². The van der Waals surface area contributed by atoms with Crippen molar-refractivity contribution >= 4 is 28.0 Å². The molecule has 0 bridgehead atoms. The normalized spacial score (nSPS) is 11.6. The van der Waals surface area contributed by atoms with Gasteiger partial charge in [0.2, 0.25) is 0 Å². The molecule has 22 heteroatoms. The van der Waals surface area contributed by atoms with Crippen molar-refractivity contribution in [3.05, 3.63) is 183 Å². The van der Waals surface area contributed by atoms with E-state index in [1.165, 1.54) is 18.3 Å². The van der Waals surface area contributed by atoms with Gasteiger partial charge in [0, 0.05) is 0 Å². The highest BCUT2D eigenvalue weighted by atomic mass is 127. The zero-order chi connectivity index (χ0) is 45.0. The van der Waals surface area contributed by atoms with Gasteiger partial charge in [0.05, 0.1) is 0 Å². The number of benzene rings is 6. The zero-order valence-electron chi connectivity index (χ0n) is 29.1. The first-order chi connectivity index (χ1) is 27.9. The van der Waals surface area contributed by atoms with E-state index >= 15 is 35.1 Å². The Labute approximate surface area is 333 Å². The lowest BCUT2D eigenvalue weighted by Gasteiger charge is -2.44. The third-order valence-electron chi connectivity index (χ3n) is 8.95. The lowest BCUT2D eigenvalue weighted by Crippen LogP contribution is -3.61. The van der Waals surface area contributed by atoms with Crippen molar-refractivity contribution in [2.75, 3.05) is 0 Å². The predicted octanol–water partition coefficient (Wildman–Crippen LogP) is 6.28. The Morgan fingerprint density at radius 2 is 0.400 bits per heavy atom. The standard InChI is InChI=1S/C24BF20.C14H14I/c26-5-1(6(27)14(35)21(42)13(5)34)25(2-7(28)15(36)22(43)16(37)8(2)29,3-9(30)17(38)23(44)18(39)10(3)31)4-11(32)19(40)24(45)20(41)12(4)33;1-11-3-7-13(8-4-11)15-14-9-5-12(2)6-10-14/h;3-10H,1-2H3/q-1;+1. The molecule has 0 radical (unpaired) electrons. The molecule has 0 N–H and O–H groups in total. The second-order valence-electron chi connectivity index (χ2n) is 12.5. The molecule has 0 unspecified atom stereocenters. The van der Waals surface area contributed by atoms with Crippen LogP contribution < -0.4 is 43.1 Å². The van der Waals surface area contributed by atoms with Crippen molar-refractivity contribution < 1.29 is 109 Å². The van der Waals surface area contributed by atoms with Crippen molar-refractivity contribution in [1.29, 1.82) is 0 Å². The summed E-state index contributed by atoms with van der Waals surface area (Å²) in [6.07, 6.45) is -7.22. The van der Waals surface area contributed by atoms with E-state index < -0.39 is 144 Å². The van der Waals surface area contributed by atoms with Crippen LogP contribution in [0.1, 0.15) is 11.1 Å². The fourth-order valence-corrected chi connectivity index (χ4v) is 8.35. The molecule has 0 saturated carbocycles. The molecule has 0 aliphatic rings. The second kappa shape index (κ2) is 17.0. The van der Waals surface area contributed by atoms with E-state index in [0.29, 0.717) is 0 Å². The smallest absolute Gasteiger partial charge is 0.207 e. The molecule has 0 aromatic heterocycles. The van der Waals surface area contributed by atoms with Crippen LogP contribution in [0.4, 0.5) is 87.8 Å². The maximum absolute atomic E-state index is 15.4. The number of hydrogen-bond acceptors (Lipinski definition) is 0. The summed E-state index contributed by atoms with van der Waals surface area (Å²) in [5.74, 6) is -71.4. The highest BCUT2D eigenvalue weighted by Crippen LogP contribution is 2.30. The van der Waals surface area contributed by atoms with Gasteiger partial charge in [-0.1, -0.05) is 35.4 Å². The van der Waals surface area contributed by atoms with Gasteiger partial charge in [0.15, 0.2) is 76.9 Å². The number of aryl methyl sites for hydroxylation is 2.